The molecule has 0 aliphatic carbocycles. The van der Waals surface area contributed by atoms with E-state index in [1.165, 1.54) is 17.4 Å². The van der Waals surface area contributed by atoms with Crippen molar-refractivity contribution in [2.24, 2.45) is 5.73 Å². The zero-order chi connectivity index (χ0) is 14.7. The molecule has 0 radical (unpaired) electrons. The van der Waals surface area contributed by atoms with Crippen LogP contribution in [0.25, 0.3) is 0 Å². The van der Waals surface area contributed by atoms with Gasteiger partial charge in [0.25, 0.3) is 0 Å². The van der Waals surface area contributed by atoms with E-state index in [1.54, 1.807) is 5.38 Å². The third-order valence-electron chi connectivity index (χ3n) is 2.50. The van der Waals surface area contributed by atoms with Crippen LogP contribution in [0.2, 0.25) is 0 Å². The molecule has 2 aromatic rings. The van der Waals surface area contributed by atoms with Crippen molar-refractivity contribution >= 4 is 22.9 Å². The van der Waals surface area contributed by atoms with Crippen LogP contribution in [-0.2, 0) is 11.2 Å². The summed E-state index contributed by atoms with van der Waals surface area (Å²) in [6, 6.07) is 3.01. The quantitative estimate of drug-likeness (QED) is 0.911. The van der Waals surface area contributed by atoms with Crippen molar-refractivity contribution in [2.75, 3.05) is 5.32 Å². The van der Waals surface area contributed by atoms with Crippen LogP contribution in [0.15, 0.2) is 23.6 Å². The van der Waals surface area contributed by atoms with Gasteiger partial charge in [-0.3, -0.25) is 4.79 Å². The molecule has 0 fully saturated rings. The van der Waals surface area contributed by atoms with Crippen LogP contribution < -0.4 is 11.1 Å². The standard InChI is InChI=1S/C13H13F2N3OS/c1-7(16)13-18-9(6-20-13)5-12(19)17-8-2-3-10(14)11(15)4-8/h2-4,6-7H,5,16H2,1H3,(H,17,19). The van der Waals surface area contributed by atoms with Crippen molar-refractivity contribution in [3.05, 3.63) is 45.9 Å². The summed E-state index contributed by atoms with van der Waals surface area (Å²) in [5.41, 5.74) is 6.49. The summed E-state index contributed by atoms with van der Waals surface area (Å²) in [4.78, 5) is 16.0. The van der Waals surface area contributed by atoms with Gasteiger partial charge in [-0.15, -0.1) is 11.3 Å². The maximum Gasteiger partial charge on any atom is 0.230 e. The predicted octanol–water partition coefficient (Wildman–Crippen LogP) is 2.62. The molecule has 1 atom stereocenters. The van der Waals surface area contributed by atoms with Crippen LogP contribution in [0.4, 0.5) is 14.5 Å². The van der Waals surface area contributed by atoms with Crippen molar-refractivity contribution in [3.8, 4) is 0 Å². The van der Waals surface area contributed by atoms with Gasteiger partial charge in [-0.1, -0.05) is 0 Å². The van der Waals surface area contributed by atoms with Gasteiger partial charge in [-0.2, -0.15) is 0 Å². The minimum atomic E-state index is -1.00. The first-order valence-corrected chi connectivity index (χ1v) is 6.78. The Bertz CT molecular complexity index is 628. The van der Waals surface area contributed by atoms with Crippen molar-refractivity contribution in [1.29, 1.82) is 0 Å². The largest absolute Gasteiger partial charge is 0.326 e. The highest BCUT2D eigenvalue weighted by molar-refractivity contribution is 7.09. The van der Waals surface area contributed by atoms with Crippen molar-refractivity contribution < 1.29 is 13.6 Å². The molecule has 1 aromatic carbocycles. The molecule has 0 saturated carbocycles. The van der Waals surface area contributed by atoms with Crippen LogP contribution in [0.5, 0.6) is 0 Å². The number of nitrogens with two attached hydrogens (primary N) is 1. The lowest BCUT2D eigenvalue weighted by molar-refractivity contribution is -0.115. The van der Waals surface area contributed by atoms with E-state index < -0.39 is 11.6 Å². The summed E-state index contributed by atoms with van der Waals surface area (Å²) in [5.74, 6) is -2.31. The fourth-order valence-electron chi connectivity index (χ4n) is 1.56. The minimum absolute atomic E-state index is 0.0578. The molecule has 1 aromatic heterocycles. The van der Waals surface area contributed by atoms with E-state index in [0.717, 1.165) is 17.1 Å². The third kappa shape index (κ3) is 3.58. The maximum atomic E-state index is 13.0. The molecule has 20 heavy (non-hydrogen) atoms. The molecular weight excluding hydrogens is 284 g/mol. The van der Waals surface area contributed by atoms with Gasteiger partial charge in [-0.25, -0.2) is 13.8 Å². The molecule has 7 heteroatoms. The summed E-state index contributed by atoms with van der Waals surface area (Å²) in [5, 5.41) is 4.99. The van der Waals surface area contributed by atoms with Gasteiger partial charge in [0.15, 0.2) is 11.6 Å². The van der Waals surface area contributed by atoms with Gasteiger partial charge in [-0.05, 0) is 19.1 Å². The Morgan fingerprint density at radius 3 is 2.80 bits per heavy atom. The number of nitrogens with zero attached hydrogens (tertiary/aromatic N) is 1. The second-order valence-electron chi connectivity index (χ2n) is 4.32. The zero-order valence-corrected chi connectivity index (χ0v) is 11.5. The fraction of sp³-hybridized carbons (Fsp3) is 0.231. The number of aromatic nitrogens is 1. The van der Waals surface area contributed by atoms with Crippen LogP contribution in [0.1, 0.15) is 23.7 Å². The van der Waals surface area contributed by atoms with E-state index in [4.69, 9.17) is 5.73 Å². The van der Waals surface area contributed by atoms with E-state index in [2.05, 4.69) is 10.3 Å². The Balaban J connectivity index is 1.99. The second-order valence-corrected chi connectivity index (χ2v) is 5.21. The smallest absolute Gasteiger partial charge is 0.230 e. The van der Waals surface area contributed by atoms with E-state index in [1.807, 2.05) is 6.92 Å². The normalized spacial score (nSPS) is 12.2. The number of thiazole rings is 1. The van der Waals surface area contributed by atoms with E-state index in [-0.39, 0.29) is 24.1 Å². The first-order valence-electron chi connectivity index (χ1n) is 5.90. The molecular formula is C13H13F2N3OS. The molecule has 0 aliphatic heterocycles. The first kappa shape index (κ1) is 14.5. The molecule has 1 heterocycles. The molecule has 2 rings (SSSR count). The average molecular weight is 297 g/mol. The number of halogens is 2. The number of carbonyl (C=O) groups is 1. The molecule has 0 saturated heterocycles. The Morgan fingerprint density at radius 1 is 1.45 bits per heavy atom. The third-order valence-corrected chi connectivity index (χ3v) is 3.60. The van der Waals surface area contributed by atoms with Gasteiger partial charge in [0.2, 0.25) is 5.91 Å². The molecule has 3 N–H and O–H groups in total. The Morgan fingerprint density at radius 2 is 2.20 bits per heavy atom. The molecule has 1 amide bonds. The Labute approximate surface area is 118 Å². The zero-order valence-electron chi connectivity index (χ0n) is 10.7. The van der Waals surface area contributed by atoms with Crippen molar-refractivity contribution in [1.82, 2.24) is 4.98 Å². The average Bonchev–Trinajstić information content (AvgIpc) is 2.82. The second kappa shape index (κ2) is 6.06. The van der Waals surface area contributed by atoms with Gasteiger partial charge in [0, 0.05) is 17.1 Å². The van der Waals surface area contributed by atoms with Gasteiger partial charge in [0.05, 0.1) is 18.2 Å². The highest BCUT2D eigenvalue weighted by atomic mass is 32.1. The molecule has 106 valence electrons. The summed E-state index contributed by atoms with van der Waals surface area (Å²) in [6.45, 7) is 1.81. The van der Waals surface area contributed by atoms with Crippen LogP contribution in [-0.4, -0.2) is 10.9 Å². The monoisotopic (exact) mass is 297 g/mol. The number of carbonyl (C=O) groups excluding carboxylic acids is 1. The number of benzene rings is 1. The van der Waals surface area contributed by atoms with E-state index in [0.29, 0.717) is 5.69 Å². The number of nitrogens with one attached hydrogen (secondary N) is 1. The van der Waals surface area contributed by atoms with Gasteiger partial charge < -0.3 is 11.1 Å². The summed E-state index contributed by atoms with van der Waals surface area (Å²) >= 11 is 1.38. The SMILES string of the molecule is CC(N)c1nc(CC(=O)Nc2ccc(F)c(F)c2)cs1. The molecule has 1 unspecified atom stereocenters. The van der Waals surface area contributed by atoms with Crippen LogP contribution in [0, 0.1) is 11.6 Å². The van der Waals surface area contributed by atoms with Crippen molar-refractivity contribution in [3.63, 3.8) is 0 Å². The van der Waals surface area contributed by atoms with E-state index >= 15 is 0 Å². The van der Waals surface area contributed by atoms with Crippen LogP contribution in [0.3, 0.4) is 0 Å². The molecule has 0 spiro atoms. The van der Waals surface area contributed by atoms with Crippen molar-refractivity contribution in [2.45, 2.75) is 19.4 Å². The maximum absolute atomic E-state index is 13.0. The van der Waals surface area contributed by atoms with Crippen LogP contribution >= 0.6 is 11.3 Å². The summed E-state index contributed by atoms with van der Waals surface area (Å²) in [7, 11) is 0. The van der Waals surface area contributed by atoms with E-state index in [9.17, 15) is 13.6 Å². The Kier molecular flexibility index (Phi) is 4.41. The minimum Gasteiger partial charge on any atom is -0.326 e. The Hall–Kier alpha value is -1.86. The number of amides is 1. The van der Waals surface area contributed by atoms with Gasteiger partial charge in [0.1, 0.15) is 5.01 Å². The highest BCUT2D eigenvalue weighted by Gasteiger charge is 2.11. The lowest BCUT2D eigenvalue weighted by Gasteiger charge is -2.04. The summed E-state index contributed by atoms with van der Waals surface area (Å²) < 4.78 is 25.8. The molecule has 4 nitrogen and oxygen atoms in total. The number of anilines is 1. The first-order chi connectivity index (χ1) is 9.45. The number of hydrogen-bond acceptors (Lipinski definition) is 4. The molecule has 0 aliphatic rings. The highest BCUT2D eigenvalue weighted by Crippen LogP contribution is 2.17. The summed E-state index contributed by atoms with van der Waals surface area (Å²) in [6.07, 6.45) is 0.0578. The number of hydrogen-bond donors (Lipinski definition) is 2. The molecule has 0 bridgehead atoms. The van der Waals surface area contributed by atoms with Gasteiger partial charge >= 0.3 is 0 Å². The predicted molar refractivity (Wildman–Crippen MR) is 73.4 cm³/mol. The number of rotatable bonds is 4. The lowest BCUT2D eigenvalue weighted by Crippen LogP contribution is -2.15. The topological polar surface area (TPSA) is 68.0 Å². The fourth-order valence-corrected chi connectivity index (χ4v) is 2.33. The lowest BCUT2D eigenvalue weighted by atomic mass is 10.2.